The third-order valence-electron chi connectivity index (χ3n) is 3.97. The molecule has 0 spiro atoms. The smallest absolute Gasteiger partial charge is 0.339 e. The fourth-order valence-electron chi connectivity index (χ4n) is 2.71. The molecule has 1 fully saturated rings. The molecule has 0 atom stereocenters. The number of hydrogen-bond acceptors (Lipinski definition) is 4. The van der Waals surface area contributed by atoms with Gasteiger partial charge in [-0.05, 0) is 25.0 Å². The Morgan fingerprint density at radius 3 is 2.65 bits per heavy atom. The Morgan fingerprint density at radius 1 is 1.35 bits per heavy atom. The molecule has 0 aromatic carbocycles. The number of nitrogens with one attached hydrogen (secondary N) is 1. The quantitative estimate of drug-likeness (QED) is 0.728. The third kappa shape index (κ3) is 3.41. The number of aromatic nitrogens is 1. The maximum absolute atomic E-state index is 11.2. The summed E-state index contributed by atoms with van der Waals surface area (Å²) in [5.41, 5.74) is -0.0869. The molecule has 1 heterocycles. The van der Waals surface area contributed by atoms with Crippen LogP contribution >= 0.6 is 11.6 Å². The summed E-state index contributed by atoms with van der Waals surface area (Å²) >= 11 is 5.82. The highest BCUT2D eigenvalue weighted by molar-refractivity contribution is 6.29. The molecule has 0 aliphatic heterocycles. The molecule has 2 rings (SSSR count). The molecule has 1 aromatic heterocycles. The van der Waals surface area contributed by atoms with Crippen LogP contribution in [0.1, 0.15) is 42.5 Å². The molecule has 3 N–H and O–H groups in total. The van der Waals surface area contributed by atoms with Crippen molar-refractivity contribution >= 4 is 23.4 Å². The Kier molecular flexibility index (Phi) is 4.83. The zero-order chi connectivity index (χ0) is 14.6. The van der Waals surface area contributed by atoms with E-state index in [4.69, 9.17) is 16.7 Å². The number of hydrogen-bond donors (Lipinski definition) is 3. The van der Waals surface area contributed by atoms with E-state index in [0.29, 0.717) is 6.54 Å². The van der Waals surface area contributed by atoms with Gasteiger partial charge < -0.3 is 15.5 Å². The molecule has 0 bridgehead atoms. The van der Waals surface area contributed by atoms with Crippen molar-refractivity contribution in [2.24, 2.45) is 5.41 Å². The normalized spacial score (nSPS) is 17.7. The molecule has 0 unspecified atom stereocenters. The summed E-state index contributed by atoms with van der Waals surface area (Å²) in [6.07, 6.45) is 5.27. The van der Waals surface area contributed by atoms with Crippen molar-refractivity contribution in [1.29, 1.82) is 0 Å². The van der Waals surface area contributed by atoms with E-state index in [0.717, 1.165) is 25.7 Å². The summed E-state index contributed by atoms with van der Waals surface area (Å²) in [4.78, 5) is 15.2. The van der Waals surface area contributed by atoms with E-state index >= 15 is 0 Å². The van der Waals surface area contributed by atoms with Crippen molar-refractivity contribution in [3.8, 4) is 0 Å². The molecule has 1 aliphatic carbocycles. The fraction of sp³-hybridized carbons (Fsp3) is 0.571. The van der Waals surface area contributed by atoms with Gasteiger partial charge in [0.2, 0.25) is 0 Å². The minimum Gasteiger partial charge on any atom is -0.478 e. The van der Waals surface area contributed by atoms with Gasteiger partial charge in [0, 0.05) is 12.0 Å². The van der Waals surface area contributed by atoms with Gasteiger partial charge in [0.05, 0.1) is 6.61 Å². The monoisotopic (exact) mass is 298 g/mol. The number of carboxylic acid groups (broad SMARTS) is 1. The van der Waals surface area contributed by atoms with Crippen molar-refractivity contribution in [3.05, 3.63) is 22.8 Å². The summed E-state index contributed by atoms with van der Waals surface area (Å²) in [5.74, 6) is -0.776. The number of aromatic carboxylic acids is 1. The minimum absolute atomic E-state index is 0.0956. The lowest BCUT2D eigenvalue weighted by molar-refractivity contribution is 0.0697. The fourth-order valence-corrected chi connectivity index (χ4v) is 2.85. The molecular formula is C14H19ClN2O3. The molecule has 1 saturated carbocycles. The van der Waals surface area contributed by atoms with E-state index in [9.17, 15) is 9.90 Å². The Labute approximate surface area is 123 Å². The van der Waals surface area contributed by atoms with E-state index in [1.165, 1.54) is 18.6 Å². The molecule has 5 nitrogen and oxygen atoms in total. The van der Waals surface area contributed by atoms with E-state index in [2.05, 4.69) is 10.3 Å². The third-order valence-corrected chi connectivity index (χ3v) is 4.18. The first-order valence-corrected chi connectivity index (χ1v) is 7.19. The molecular weight excluding hydrogens is 280 g/mol. The standard InChI is InChI=1S/C14H19ClN2O3/c15-11-5-4-10(13(19)20)12(17-11)16-8-14(9-18)6-2-1-3-7-14/h4-5,18H,1-3,6-9H2,(H,16,17)(H,19,20). The van der Waals surface area contributed by atoms with Crippen molar-refractivity contribution < 1.29 is 15.0 Å². The van der Waals surface area contributed by atoms with Crippen LogP contribution in [-0.2, 0) is 0 Å². The number of nitrogens with zero attached hydrogens (tertiary/aromatic N) is 1. The average molecular weight is 299 g/mol. The second-order valence-corrected chi connectivity index (χ2v) is 5.79. The van der Waals surface area contributed by atoms with E-state index < -0.39 is 5.97 Å². The number of rotatable bonds is 5. The average Bonchev–Trinajstić information content (AvgIpc) is 2.46. The highest BCUT2D eigenvalue weighted by atomic mass is 35.5. The van der Waals surface area contributed by atoms with Crippen molar-refractivity contribution in [3.63, 3.8) is 0 Å². The largest absolute Gasteiger partial charge is 0.478 e. The van der Waals surface area contributed by atoms with Gasteiger partial charge >= 0.3 is 5.97 Å². The van der Waals surface area contributed by atoms with Crippen molar-refractivity contribution in [1.82, 2.24) is 4.98 Å². The zero-order valence-electron chi connectivity index (χ0n) is 11.2. The predicted octanol–water partition coefficient (Wildman–Crippen LogP) is 2.79. The summed E-state index contributed by atoms with van der Waals surface area (Å²) in [5, 5.41) is 22.1. The van der Waals surface area contributed by atoms with E-state index in [1.807, 2.05) is 0 Å². The van der Waals surface area contributed by atoms with E-state index in [-0.39, 0.29) is 28.6 Å². The Morgan fingerprint density at radius 2 is 2.05 bits per heavy atom. The maximum atomic E-state index is 11.2. The van der Waals surface area contributed by atoms with Gasteiger partial charge in [0.15, 0.2) is 0 Å². The molecule has 1 aromatic rings. The zero-order valence-corrected chi connectivity index (χ0v) is 12.0. The second kappa shape index (κ2) is 6.41. The van der Waals surface area contributed by atoms with Crippen LogP contribution in [0.4, 0.5) is 5.82 Å². The number of aliphatic hydroxyl groups excluding tert-OH is 1. The molecule has 0 radical (unpaired) electrons. The van der Waals surface area contributed by atoms with Gasteiger partial charge in [0.25, 0.3) is 0 Å². The summed E-state index contributed by atoms with van der Waals surface area (Å²) in [6, 6.07) is 2.89. The lowest BCUT2D eigenvalue weighted by atomic mass is 9.74. The number of anilines is 1. The Bertz CT molecular complexity index is 487. The maximum Gasteiger partial charge on any atom is 0.339 e. The van der Waals surface area contributed by atoms with Gasteiger partial charge in [-0.2, -0.15) is 0 Å². The van der Waals surface area contributed by atoms with Gasteiger partial charge in [-0.3, -0.25) is 0 Å². The van der Waals surface area contributed by atoms with Gasteiger partial charge in [-0.15, -0.1) is 0 Å². The summed E-state index contributed by atoms with van der Waals surface area (Å²) < 4.78 is 0. The minimum atomic E-state index is -1.04. The lowest BCUT2D eigenvalue weighted by Gasteiger charge is -2.35. The van der Waals surface area contributed by atoms with Crippen LogP contribution in [0.25, 0.3) is 0 Å². The van der Waals surface area contributed by atoms with Crippen LogP contribution in [0.3, 0.4) is 0 Å². The molecule has 0 saturated heterocycles. The first-order chi connectivity index (χ1) is 9.56. The number of carboxylic acids is 1. The topological polar surface area (TPSA) is 82.5 Å². The first kappa shape index (κ1) is 15.1. The highest BCUT2D eigenvalue weighted by Crippen LogP contribution is 2.36. The highest BCUT2D eigenvalue weighted by Gasteiger charge is 2.31. The lowest BCUT2D eigenvalue weighted by Crippen LogP contribution is -2.36. The van der Waals surface area contributed by atoms with Gasteiger partial charge in [-0.25, -0.2) is 9.78 Å². The molecule has 110 valence electrons. The predicted molar refractivity (Wildman–Crippen MR) is 77.3 cm³/mol. The number of halogens is 1. The van der Waals surface area contributed by atoms with E-state index in [1.54, 1.807) is 0 Å². The summed E-state index contributed by atoms with van der Waals surface area (Å²) in [6.45, 7) is 0.611. The van der Waals surface area contributed by atoms with Crippen molar-refractivity contribution in [2.75, 3.05) is 18.5 Å². The van der Waals surface area contributed by atoms with Gasteiger partial charge in [-0.1, -0.05) is 30.9 Å². The molecule has 0 amide bonds. The summed E-state index contributed by atoms with van der Waals surface area (Å²) in [7, 11) is 0. The van der Waals surface area contributed by atoms with Crippen LogP contribution < -0.4 is 5.32 Å². The first-order valence-electron chi connectivity index (χ1n) is 6.81. The number of carbonyl (C=O) groups is 1. The Balaban J connectivity index is 2.13. The molecule has 1 aliphatic rings. The number of pyridine rings is 1. The number of aliphatic hydroxyl groups is 1. The van der Waals surface area contributed by atoms with Crippen molar-refractivity contribution in [2.45, 2.75) is 32.1 Å². The molecule has 20 heavy (non-hydrogen) atoms. The van der Waals surface area contributed by atoms with Crippen LogP contribution in [0.2, 0.25) is 5.15 Å². The van der Waals surface area contributed by atoms with Crippen LogP contribution in [0, 0.1) is 5.41 Å². The van der Waals surface area contributed by atoms with Gasteiger partial charge in [0.1, 0.15) is 16.5 Å². The second-order valence-electron chi connectivity index (χ2n) is 5.41. The molecule has 6 heteroatoms. The van der Waals surface area contributed by atoms with Crippen LogP contribution in [0.15, 0.2) is 12.1 Å². The van der Waals surface area contributed by atoms with Crippen LogP contribution in [-0.4, -0.2) is 34.3 Å². The SMILES string of the molecule is O=C(O)c1ccc(Cl)nc1NCC1(CO)CCCCC1. The Hall–Kier alpha value is -1.33. The van der Waals surface area contributed by atoms with Crippen LogP contribution in [0.5, 0.6) is 0 Å².